The van der Waals surface area contributed by atoms with Gasteiger partial charge in [-0.2, -0.15) is 5.10 Å². The van der Waals surface area contributed by atoms with Crippen LogP contribution in [-0.4, -0.2) is 32.6 Å². The molecule has 1 aromatic carbocycles. The van der Waals surface area contributed by atoms with E-state index in [2.05, 4.69) is 10.1 Å². The van der Waals surface area contributed by atoms with Crippen LogP contribution in [0.4, 0.5) is 0 Å². The molecular formula is C17H18N4O2S. The van der Waals surface area contributed by atoms with Gasteiger partial charge < -0.3 is 4.90 Å². The van der Waals surface area contributed by atoms with E-state index in [0.717, 1.165) is 21.6 Å². The normalized spacial score (nSPS) is 10.9. The Morgan fingerprint density at radius 2 is 2.04 bits per heavy atom. The summed E-state index contributed by atoms with van der Waals surface area (Å²) in [5.74, 6) is -0.223. The van der Waals surface area contributed by atoms with Gasteiger partial charge in [-0.05, 0) is 24.6 Å². The van der Waals surface area contributed by atoms with Gasteiger partial charge in [0, 0.05) is 19.7 Å². The molecule has 0 unspecified atom stereocenters. The zero-order chi connectivity index (χ0) is 17.1. The van der Waals surface area contributed by atoms with Gasteiger partial charge in [-0.25, -0.2) is 9.67 Å². The lowest BCUT2D eigenvalue weighted by Crippen LogP contribution is -2.30. The largest absolute Gasteiger partial charge is 0.334 e. The van der Waals surface area contributed by atoms with Crippen molar-refractivity contribution in [3.63, 3.8) is 0 Å². The number of hydrogen-bond acceptors (Lipinski definition) is 5. The lowest BCUT2D eigenvalue weighted by molar-refractivity contribution is 0.0776. The summed E-state index contributed by atoms with van der Waals surface area (Å²) < 4.78 is 2.43. The van der Waals surface area contributed by atoms with Crippen molar-refractivity contribution in [2.45, 2.75) is 26.4 Å². The summed E-state index contributed by atoms with van der Waals surface area (Å²) in [5.41, 5.74) is 1.02. The number of para-hydroxylation sites is 1. The summed E-state index contributed by atoms with van der Waals surface area (Å²) in [6.07, 6.45) is 0.784. The van der Waals surface area contributed by atoms with Gasteiger partial charge in [0.25, 0.3) is 11.5 Å². The Morgan fingerprint density at radius 1 is 1.25 bits per heavy atom. The third kappa shape index (κ3) is 3.35. The topological polar surface area (TPSA) is 68.1 Å². The molecule has 6 nitrogen and oxygen atoms in total. The van der Waals surface area contributed by atoms with Gasteiger partial charge in [0.1, 0.15) is 10.7 Å². The zero-order valence-corrected chi connectivity index (χ0v) is 14.4. The molecule has 7 heteroatoms. The minimum atomic E-state index is -0.223. The van der Waals surface area contributed by atoms with Crippen molar-refractivity contribution in [3.8, 4) is 0 Å². The first-order valence-corrected chi connectivity index (χ1v) is 8.58. The van der Waals surface area contributed by atoms with Crippen molar-refractivity contribution in [2.24, 2.45) is 0 Å². The van der Waals surface area contributed by atoms with Gasteiger partial charge in [0.05, 0.1) is 16.8 Å². The minimum Gasteiger partial charge on any atom is -0.334 e. The quantitative estimate of drug-likeness (QED) is 0.714. The number of nitrogens with zero attached hydrogens (tertiary/aromatic N) is 4. The average Bonchev–Trinajstić information content (AvgIpc) is 2.98. The number of aryl methyl sites for hydroxylation is 1. The van der Waals surface area contributed by atoms with E-state index >= 15 is 0 Å². The van der Waals surface area contributed by atoms with Gasteiger partial charge in [0.2, 0.25) is 0 Å². The Bertz CT molecular complexity index is 898. The van der Waals surface area contributed by atoms with Crippen LogP contribution < -0.4 is 5.56 Å². The smallest absolute Gasteiger partial charge is 0.274 e. The highest BCUT2D eigenvalue weighted by Crippen LogP contribution is 2.22. The highest BCUT2D eigenvalue weighted by Gasteiger charge is 2.16. The number of carbonyl (C=O) groups excluding carboxylic acids is 1. The molecule has 3 aromatic rings. The third-order valence-corrected chi connectivity index (χ3v) is 4.60. The lowest BCUT2D eigenvalue weighted by atomic mass is 10.3. The van der Waals surface area contributed by atoms with Gasteiger partial charge in [-0.15, -0.1) is 11.3 Å². The summed E-state index contributed by atoms with van der Waals surface area (Å²) >= 11 is 1.57. The second-order valence-electron chi connectivity index (χ2n) is 5.52. The molecular weight excluding hydrogens is 324 g/mol. The van der Waals surface area contributed by atoms with E-state index in [-0.39, 0.29) is 17.2 Å². The van der Waals surface area contributed by atoms with E-state index in [9.17, 15) is 9.59 Å². The van der Waals surface area contributed by atoms with E-state index < -0.39 is 0 Å². The molecule has 0 spiro atoms. The fraction of sp³-hybridized carbons (Fsp3) is 0.294. The van der Waals surface area contributed by atoms with Crippen molar-refractivity contribution < 1.29 is 4.79 Å². The van der Waals surface area contributed by atoms with Crippen LogP contribution in [0.3, 0.4) is 0 Å². The van der Waals surface area contributed by atoms with Crippen molar-refractivity contribution >= 4 is 27.5 Å². The van der Waals surface area contributed by atoms with Crippen LogP contribution >= 0.6 is 11.3 Å². The fourth-order valence-corrected chi connectivity index (χ4v) is 3.41. The van der Waals surface area contributed by atoms with Crippen LogP contribution in [-0.2, 0) is 13.1 Å². The van der Waals surface area contributed by atoms with E-state index in [1.165, 1.54) is 16.8 Å². The molecule has 24 heavy (non-hydrogen) atoms. The predicted octanol–water partition coefficient (Wildman–Crippen LogP) is 2.54. The van der Waals surface area contributed by atoms with Crippen molar-refractivity contribution in [1.82, 2.24) is 19.7 Å². The lowest BCUT2D eigenvalue weighted by Gasteiger charge is -2.15. The molecule has 0 aliphatic carbocycles. The van der Waals surface area contributed by atoms with Crippen molar-refractivity contribution in [1.29, 1.82) is 0 Å². The summed E-state index contributed by atoms with van der Waals surface area (Å²) in [4.78, 5) is 30.4. The second-order valence-corrected chi connectivity index (χ2v) is 6.63. The molecule has 0 atom stereocenters. The second kappa shape index (κ2) is 6.92. The van der Waals surface area contributed by atoms with Crippen LogP contribution in [0, 0.1) is 0 Å². The van der Waals surface area contributed by atoms with Gasteiger partial charge in [-0.1, -0.05) is 19.1 Å². The van der Waals surface area contributed by atoms with Crippen LogP contribution in [0.5, 0.6) is 0 Å². The van der Waals surface area contributed by atoms with Crippen LogP contribution in [0.25, 0.3) is 10.2 Å². The molecule has 0 fully saturated rings. The van der Waals surface area contributed by atoms with E-state index in [1.807, 2.05) is 31.2 Å². The molecule has 0 N–H and O–H groups in total. The molecule has 2 heterocycles. The molecule has 124 valence electrons. The van der Waals surface area contributed by atoms with Crippen LogP contribution in [0.1, 0.15) is 28.8 Å². The molecule has 2 aromatic heterocycles. The van der Waals surface area contributed by atoms with Gasteiger partial charge in [-0.3, -0.25) is 9.59 Å². The summed E-state index contributed by atoms with van der Waals surface area (Å²) in [7, 11) is 1.71. The molecule has 1 amide bonds. The molecule has 3 rings (SSSR count). The number of fused-ring (bicyclic) bond motifs is 1. The third-order valence-electron chi connectivity index (χ3n) is 3.58. The molecule has 0 aliphatic rings. The average molecular weight is 342 g/mol. The molecule has 0 aliphatic heterocycles. The maximum absolute atomic E-state index is 12.6. The fourth-order valence-electron chi connectivity index (χ4n) is 2.39. The Labute approximate surface area is 143 Å². The first-order chi connectivity index (χ1) is 11.6. The van der Waals surface area contributed by atoms with Gasteiger partial charge >= 0.3 is 0 Å². The monoisotopic (exact) mass is 342 g/mol. The van der Waals surface area contributed by atoms with Crippen molar-refractivity contribution in [2.75, 3.05) is 7.05 Å². The number of carbonyl (C=O) groups is 1. The maximum atomic E-state index is 12.6. The van der Waals surface area contributed by atoms with Crippen molar-refractivity contribution in [3.05, 3.63) is 57.5 Å². The Balaban J connectivity index is 1.79. The number of thiazole rings is 1. The van der Waals surface area contributed by atoms with E-state index in [1.54, 1.807) is 23.3 Å². The van der Waals surface area contributed by atoms with Gasteiger partial charge in [0.15, 0.2) is 0 Å². The first-order valence-electron chi connectivity index (χ1n) is 7.76. The standard InChI is InChI=1S/C17H18N4O2S/c1-3-10-21-16(22)9-8-13(19-21)17(23)20(2)11-15-18-12-6-4-5-7-14(12)24-15/h4-9H,3,10-11H2,1-2H3. The molecule has 0 bridgehead atoms. The molecule has 0 radical (unpaired) electrons. The van der Waals surface area contributed by atoms with Crippen LogP contribution in [0.15, 0.2) is 41.2 Å². The summed E-state index contributed by atoms with van der Waals surface area (Å²) in [6, 6.07) is 10.8. The predicted molar refractivity (Wildman–Crippen MR) is 94.2 cm³/mol. The number of rotatable bonds is 5. The van der Waals surface area contributed by atoms with E-state index in [0.29, 0.717) is 13.1 Å². The molecule has 0 saturated heterocycles. The Hall–Kier alpha value is -2.54. The maximum Gasteiger partial charge on any atom is 0.274 e. The first kappa shape index (κ1) is 16.3. The highest BCUT2D eigenvalue weighted by molar-refractivity contribution is 7.18. The van der Waals surface area contributed by atoms with E-state index in [4.69, 9.17) is 0 Å². The summed E-state index contributed by atoms with van der Waals surface area (Å²) in [5, 5.41) is 5.03. The Kier molecular flexibility index (Phi) is 4.71. The Morgan fingerprint density at radius 3 is 2.79 bits per heavy atom. The number of aromatic nitrogens is 3. The minimum absolute atomic E-state index is 0.192. The molecule has 0 saturated carbocycles. The number of benzene rings is 1. The van der Waals surface area contributed by atoms with Crippen LogP contribution in [0.2, 0.25) is 0 Å². The SMILES string of the molecule is CCCn1nc(C(=O)N(C)Cc2nc3ccccc3s2)ccc1=O. The number of amides is 1. The summed E-state index contributed by atoms with van der Waals surface area (Å²) in [6.45, 7) is 2.87. The highest BCUT2D eigenvalue weighted by atomic mass is 32.1. The zero-order valence-electron chi connectivity index (χ0n) is 13.6. The number of hydrogen-bond donors (Lipinski definition) is 0.